The maximum absolute atomic E-state index is 12.8. The zero-order valence-corrected chi connectivity index (χ0v) is 14.1. The van der Waals surface area contributed by atoms with Gasteiger partial charge < -0.3 is 4.90 Å². The van der Waals surface area contributed by atoms with E-state index >= 15 is 0 Å². The minimum absolute atomic E-state index is 0.000194. The molecule has 2 aliphatic heterocycles. The Labute approximate surface area is 137 Å². The van der Waals surface area contributed by atoms with Crippen LogP contribution >= 0.6 is 0 Å². The molecule has 0 unspecified atom stereocenters. The number of anilines is 1. The maximum Gasteiger partial charge on any atom is 0.227 e. The molecule has 1 aromatic rings. The van der Waals surface area contributed by atoms with Crippen molar-refractivity contribution in [2.75, 3.05) is 23.0 Å². The van der Waals surface area contributed by atoms with Crippen molar-refractivity contribution in [1.29, 1.82) is 0 Å². The molecule has 5 heteroatoms. The molecule has 0 aromatic heterocycles. The number of sulfone groups is 1. The molecule has 1 aliphatic carbocycles. The van der Waals surface area contributed by atoms with Gasteiger partial charge >= 0.3 is 0 Å². The third kappa shape index (κ3) is 2.59. The number of hydrogen-bond acceptors (Lipinski definition) is 3. The second-order valence-corrected chi connectivity index (χ2v) is 9.69. The normalized spacial score (nSPS) is 27.5. The molecule has 4 rings (SSSR count). The average Bonchev–Trinajstić information content (AvgIpc) is 3.20. The van der Waals surface area contributed by atoms with Crippen molar-refractivity contribution in [3.63, 3.8) is 0 Å². The maximum atomic E-state index is 12.8. The summed E-state index contributed by atoms with van der Waals surface area (Å²) in [6.07, 6.45) is 5.78. The van der Waals surface area contributed by atoms with E-state index in [1.165, 1.54) is 18.4 Å². The van der Waals surface area contributed by atoms with E-state index in [9.17, 15) is 13.2 Å². The van der Waals surface area contributed by atoms with Gasteiger partial charge in [0.05, 0.1) is 11.5 Å². The Hall–Kier alpha value is -1.36. The van der Waals surface area contributed by atoms with E-state index in [-0.39, 0.29) is 28.7 Å². The highest BCUT2D eigenvalue weighted by molar-refractivity contribution is 7.91. The number of carbonyl (C=O) groups excluding carboxylic acids is 1. The summed E-state index contributed by atoms with van der Waals surface area (Å²) < 4.78 is 23.2. The Kier molecular flexibility index (Phi) is 3.52. The Morgan fingerprint density at radius 2 is 1.96 bits per heavy atom. The molecule has 1 spiro atoms. The van der Waals surface area contributed by atoms with Gasteiger partial charge in [0.2, 0.25) is 5.91 Å². The quantitative estimate of drug-likeness (QED) is 0.836. The summed E-state index contributed by atoms with van der Waals surface area (Å²) in [7, 11) is -2.92. The van der Waals surface area contributed by atoms with Crippen molar-refractivity contribution in [3.8, 4) is 0 Å². The van der Waals surface area contributed by atoms with Crippen molar-refractivity contribution < 1.29 is 13.2 Å². The molecule has 1 atom stereocenters. The lowest BCUT2D eigenvalue weighted by atomic mass is 9.81. The first-order valence-electron chi connectivity index (χ1n) is 8.59. The molecule has 0 radical (unpaired) electrons. The lowest BCUT2D eigenvalue weighted by molar-refractivity contribution is -0.119. The van der Waals surface area contributed by atoms with Crippen molar-refractivity contribution in [1.82, 2.24) is 0 Å². The lowest BCUT2D eigenvalue weighted by Gasteiger charge is -2.25. The fourth-order valence-corrected chi connectivity index (χ4v) is 6.58. The number of hydrogen-bond donors (Lipinski definition) is 0. The Balaban J connectivity index is 1.57. The molecule has 1 saturated carbocycles. The van der Waals surface area contributed by atoms with Crippen LogP contribution in [0.25, 0.3) is 0 Å². The summed E-state index contributed by atoms with van der Waals surface area (Å²) in [5.41, 5.74) is 2.53. The number of amides is 1. The molecule has 1 saturated heterocycles. The van der Waals surface area contributed by atoms with E-state index in [4.69, 9.17) is 0 Å². The highest BCUT2D eigenvalue weighted by atomic mass is 32.2. The van der Waals surface area contributed by atoms with Gasteiger partial charge in [-0.25, -0.2) is 8.42 Å². The Bertz CT molecular complexity index is 734. The number of para-hydroxylation sites is 1. The first-order chi connectivity index (χ1) is 11.0. The zero-order chi connectivity index (χ0) is 16.1. The number of benzene rings is 1. The van der Waals surface area contributed by atoms with Gasteiger partial charge in [-0.15, -0.1) is 0 Å². The smallest absolute Gasteiger partial charge is 0.227 e. The van der Waals surface area contributed by atoms with E-state index < -0.39 is 9.84 Å². The third-order valence-corrected chi connectivity index (χ3v) is 7.72. The SMILES string of the molecule is O=C(C[C@@H]1CCS(=O)(=O)C1)N1CC2(CCCC2)c2ccccc21. The summed E-state index contributed by atoms with van der Waals surface area (Å²) in [4.78, 5) is 14.8. The lowest BCUT2D eigenvalue weighted by Crippen LogP contribution is -2.36. The molecular weight excluding hydrogens is 310 g/mol. The van der Waals surface area contributed by atoms with Crippen LogP contribution < -0.4 is 4.90 Å². The highest BCUT2D eigenvalue weighted by Gasteiger charge is 2.46. The number of fused-ring (bicyclic) bond motifs is 2. The topological polar surface area (TPSA) is 54.5 Å². The van der Waals surface area contributed by atoms with Crippen molar-refractivity contribution in [3.05, 3.63) is 29.8 Å². The molecule has 124 valence electrons. The van der Waals surface area contributed by atoms with Crippen LogP contribution in [-0.2, 0) is 20.0 Å². The number of nitrogens with zero attached hydrogens (tertiary/aromatic N) is 1. The molecule has 2 heterocycles. The van der Waals surface area contributed by atoms with Crippen LogP contribution in [0.1, 0.15) is 44.1 Å². The van der Waals surface area contributed by atoms with Crippen LogP contribution in [0.2, 0.25) is 0 Å². The Morgan fingerprint density at radius 3 is 2.65 bits per heavy atom. The molecule has 0 bridgehead atoms. The molecule has 1 aromatic carbocycles. The second-order valence-electron chi connectivity index (χ2n) is 7.46. The van der Waals surface area contributed by atoms with Gasteiger partial charge in [0.1, 0.15) is 0 Å². The van der Waals surface area contributed by atoms with Gasteiger partial charge in [-0.2, -0.15) is 0 Å². The highest BCUT2D eigenvalue weighted by Crippen LogP contribution is 2.50. The van der Waals surface area contributed by atoms with E-state index in [1.807, 2.05) is 17.0 Å². The zero-order valence-electron chi connectivity index (χ0n) is 13.3. The summed E-state index contributed by atoms with van der Waals surface area (Å²) in [5, 5.41) is 0. The van der Waals surface area contributed by atoms with Crippen molar-refractivity contribution >= 4 is 21.4 Å². The predicted octanol–water partition coefficient (Wildman–Crippen LogP) is 2.67. The number of rotatable bonds is 2. The van der Waals surface area contributed by atoms with Crippen LogP contribution in [0.4, 0.5) is 5.69 Å². The van der Waals surface area contributed by atoms with Crippen LogP contribution in [0, 0.1) is 5.92 Å². The first kappa shape index (κ1) is 15.2. The second kappa shape index (κ2) is 5.33. The molecule has 4 nitrogen and oxygen atoms in total. The van der Waals surface area contributed by atoms with Gasteiger partial charge in [0.15, 0.2) is 9.84 Å². The standard InChI is InChI=1S/C18H23NO3S/c20-17(11-14-7-10-23(21,22)12-14)19-13-18(8-3-4-9-18)15-5-1-2-6-16(15)19/h1-2,5-6,14H,3-4,7-13H2/t14-/m0/s1. The Morgan fingerprint density at radius 1 is 1.22 bits per heavy atom. The molecule has 1 amide bonds. The fraction of sp³-hybridized carbons (Fsp3) is 0.611. The monoisotopic (exact) mass is 333 g/mol. The van der Waals surface area contributed by atoms with Crippen LogP contribution in [0.15, 0.2) is 24.3 Å². The summed E-state index contributed by atoms with van der Waals surface area (Å²) in [5.74, 6) is 0.522. The molecule has 3 aliphatic rings. The molecular formula is C18H23NO3S. The minimum Gasteiger partial charge on any atom is -0.311 e. The van der Waals surface area contributed by atoms with Crippen molar-refractivity contribution in [2.45, 2.75) is 43.9 Å². The van der Waals surface area contributed by atoms with Crippen molar-refractivity contribution in [2.24, 2.45) is 5.92 Å². The summed E-state index contributed by atoms with van der Waals surface area (Å²) in [6.45, 7) is 0.782. The van der Waals surface area contributed by atoms with Crippen LogP contribution in [-0.4, -0.2) is 32.4 Å². The van der Waals surface area contributed by atoms with E-state index in [1.54, 1.807) is 0 Å². The van der Waals surface area contributed by atoms with Gasteiger partial charge in [-0.05, 0) is 36.8 Å². The largest absolute Gasteiger partial charge is 0.311 e. The van der Waals surface area contributed by atoms with Crippen LogP contribution in [0.5, 0.6) is 0 Å². The summed E-state index contributed by atoms with van der Waals surface area (Å²) >= 11 is 0. The van der Waals surface area contributed by atoms with Gasteiger partial charge in [0.25, 0.3) is 0 Å². The van der Waals surface area contributed by atoms with Crippen LogP contribution in [0.3, 0.4) is 0 Å². The summed E-state index contributed by atoms with van der Waals surface area (Å²) in [6, 6.07) is 8.28. The fourth-order valence-electron chi connectivity index (χ4n) is 4.72. The predicted molar refractivity (Wildman–Crippen MR) is 90.3 cm³/mol. The first-order valence-corrected chi connectivity index (χ1v) is 10.4. The molecule has 23 heavy (non-hydrogen) atoms. The third-order valence-electron chi connectivity index (χ3n) is 5.88. The van der Waals surface area contributed by atoms with E-state index in [0.29, 0.717) is 12.8 Å². The number of carbonyl (C=O) groups is 1. The minimum atomic E-state index is -2.92. The average molecular weight is 333 g/mol. The van der Waals surface area contributed by atoms with E-state index in [0.717, 1.165) is 25.1 Å². The molecule has 0 N–H and O–H groups in total. The van der Waals surface area contributed by atoms with Gasteiger partial charge in [0, 0.05) is 24.1 Å². The molecule has 2 fully saturated rings. The van der Waals surface area contributed by atoms with Gasteiger partial charge in [-0.1, -0.05) is 31.0 Å². The van der Waals surface area contributed by atoms with E-state index in [2.05, 4.69) is 12.1 Å². The van der Waals surface area contributed by atoms with Gasteiger partial charge in [-0.3, -0.25) is 4.79 Å².